The van der Waals surface area contributed by atoms with Crippen LogP contribution in [0.25, 0.3) is 10.6 Å². The summed E-state index contributed by atoms with van der Waals surface area (Å²) in [7, 11) is 0. The number of piperidine rings is 1. The molecule has 0 saturated carbocycles. The van der Waals surface area contributed by atoms with Crippen LogP contribution in [-0.2, 0) is 11.2 Å². The van der Waals surface area contributed by atoms with Gasteiger partial charge in [0.05, 0.1) is 4.88 Å². The minimum absolute atomic E-state index is 0.0883. The first-order chi connectivity index (χ1) is 13.8. The van der Waals surface area contributed by atoms with E-state index in [4.69, 9.17) is 0 Å². The van der Waals surface area contributed by atoms with Gasteiger partial charge < -0.3 is 10.2 Å². The smallest absolute Gasteiger partial charge is 0.223 e. The zero-order chi connectivity index (χ0) is 19.2. The first kappa shape index (κ1) is 18.6. The molecule has 5 nitrogen and oxygen atoms in total. The second kappa shape index (κ2) is 8.97. The average Bonchev–Trinajstić information content (AvgIpc) is 3.30. The molecule has 28 heavy (non-hydrogen) atoms. The second-order valence-electron chi connectivity index (χ2n) is 7.04. The molecule has 1 aliphatic rings. The Kier molecular flexibility index (Phi) is 5.97. The van der Waals surface area contributed by atoms with Gasteiger partial charge in [0.15, 0.2) is 5.82 Å². The maximum atomic E-state index is 12.5. The maximum absolute atomic E-state index is 12.5. The number of benzene rings is 1. The summed E-state index contributed by atoms with van der Waals surface area (Å²) in [5, 5.41) is 13.9. The molecular formula is C22H24N4OS. The second-order valence-corrected chi connectivity index (χ2v) is 7.99. The Labute approximate surface area is 169 Å². The van der Waals surface area contributed by atoms with Crippen LogP contribution in [0.4, 0.5) is 5.82 Å². The Balaban J connectivity index is 1.24. The highest BCUT2D eigenvalue weighted by Crippen LogP contribution is 2.25. The molecule has 144 valence electrons. The van der Waals surface area contributed by atoms with E-state index in [2.05, 4.69) is 38.6 Å². The third-order valence-electron chi connectivity index (χ3n) is 5.17. The summed E-state index contributed by atoms with van der Waals surface area (Å²) in [6.07, 6.45) is 2.58. The lowest BCUT2D eigenvalue weighted by Crippen LogP contribution is -2.41. The van der Waals surface area contributed by atoms with Gasteiger partial charge in [-0.05, 0) is 48.4 Å². The third-order valence-corrected chi connectivity index (χ3v) is 6.06. The van der Waals surface area contributed by atoms with Crippen LogP contribution < -0.4 is 10.2 Å². The summed E-state index contributed by atoms with van der Waals surface area (Å²) in [5.74, 6) is 1.16. The van der Waals surface area contributed by atoms with Gasteiger partial charge in [-0.1, -0.05) is 36.4 Å². The molecule has 2 aromatic heterocycles. The van der Waals surface area contributed by atoms with Gasteiger partial charge in [-0.3, -0.25) is 4.79 Å². The molecule has 6 heteroatoms. The molecule has 1 fully saturated rings. The molecule has 0 bridgehead atoms. The minimum atomic E-state index is 0.0883. The monoisotopic (exact) mass is 392 g/mol. The summed E-state index contributed by atoms with van der Waals surface area (Å²) in [6.45, 7) is 2.37. The van der Waals surface area contributed by atoms with E-state index >= 15 is 0 Å². The summed E-state index contributed by atoms with van der Waals surface area (Å²) in [5.41, 5.74) is 2.16. The fraction of sp³-hybridized carbons (Fsp3) is 0.318. The van der Waals surface area contributed by atoms with E-state index in [1.165, 1.54) is 5.56 Å². The molecule has 3 aromatic rings. The molecular weight excluding hydrogens is 368 g/mol. The number of carbonyl (C=O) groups excluding carboxylic acids is 1. The quantitative estimate of drug-likeness (QED) is 0.694. The van der Waals surface area contributed by atoms with Gasteiger partial charge in [0.1, 0.15) is 5.69 Å². The highest BCUT2D eigenvalue weighted by molar-refractivity contribution is 7.13. The van der Waals surface area contributed by atoms with E-state index in [9.17, 15) is 4.79 Å². The summed E-state index contributed by atoms with van der Waals surface area (Å²) in [6, 6.07) is 18.4. The molecule has 1 saturated heterocycles. The Morgan fingerprint density at radius 3 is 2.54 bits per heavy atom. The van der Waals surface area contributed by atoms with Crippen molar-refractivity contribution in [1.82, 2.24) is 15.5 Å². The molecule has 1 aliphatic heterocycles. The van der Waals surface area contributed by atoms with Crippen LogP contribution in [-0.4, -0.2) is 35.7 Å². The van der Waals surface area contributed by atoms with Gasteiger partial charge in [-0.2, -0.15) is 0 Å². The van der Waals surface area contributed by atoms with E-state index in [0.717, 1.165) is 48.7 Å². The maximum Gasteiger partial charge on any atom is 0.223 e. The number of carbonyl (C=O) groups is 1. The van der Waals surface area contributed by atoms with Gasteiger partial charge >= 0.3 is 0 Å². The number of thiophene rings is 1. The van der Waals surface area contributed by atoms with Gasteiger partial charge in [0.25, 0.3) is 0 Å². The molecule has 3 heterocycles. The first-order valence-electron chi connectivity index (χ1n) is 9.74. The van der Waals surface area contributed by atoms with Gasteiger partial charge in [0, 0.05) is 25.6 Å². The number of rotatable bonds is 6. The molecule has 0 radical (unpaired) electrons. The Morgan fingerprint density at radius 2 is 1.86 bits per heavy atom. The summed E-state index contributed by atoms with van der Waals surface area (Å²) < 4.78 is 0. The lowest BCUT2D eigenvalue weighted by Gasteiger charge is -2.31. The van der Waals surface area contributed by atoms with E-state index in [1.807, 2.05) is 41.8 Å². The van der Waals surface area contributed by atoms with E-state index in [1.54, 1.807) is 11.3 Å². The third kappa shape index (κ3) is 4.57. The first-order valence-corrected chi connectivity index (χ1v) is 10.6. The van der Waals surface area contributed by atoms with Crippen molar-refractivity contribution in [3.05, 3.63) is 65.5 Å². The molecule has 1 amide bonds. The van der Waals surface area contributed by atoms with Crippen molar-refractivity contribution < 1.29 is 4.79 Å². The topological polar surface area (TPSA) is 58.1 Å². The number of nitrogens with one attached hydrogen (secondary N) is 1. The zero-order valence-electron chi connectivity index (χ0n) is 15.8. The highest BCUT2D eigenvalue weighted by Gasteiger charge is 2.25. The fourth-order valence-electron chi connectivity index (χ4n) is 3.54. The number of aromatic nitrogens is 2. The molecule has 0 aliphatic carbocycles. The SMILES string of the molecule is O=C(NCCc1ccccc1)C1CCN(c2ccc(-c3cccs3)nn2)CC1. The van der Waals surface area contributed by atoms with Crippen LogP contribution in [0.2, 0.25) is 0 Å². The summed E-state index contributed by atoms with van der Waals surface area (Å²) >= 11 is 1.67. The minimum Gasteiger partial charge on any atom is -0.356 e. The fourth-order valence-corrected chi connectivity index (χ4v) is 4.23. The summed E-state index contributed by atoms with van der Waals surface area (Å²) in [4.78, 5) is 15.8. The number of hydrogen-bond donors (Lipinski definition) is 1. The predicted molar refractivity (Wildman–Crippen MR) is 113 cm³/mol. The molecule has 4 rings (SSSR count). The van der Waals surface area contributed by atoms with Crippen LogP contribution in [0.3, 0.4) is 0 Å². The van der Waals surface area contributed by atoms with Crippen LogP contribution in [0.15, 0.2) is 60.0 Å². The zero-order valence-corrected chi connectivity index (χ0v) is 16.6. The van der Waals surface area contributed by atoms with Crippen molar-refractivity contribution >= 4 is 23.1 Å². The van der Waals surface area contributed by atoms with Gasteiger partial charge in [-0.25, -0.2) is 0 Å². The van der Waals surface area contributed by atoms with Crippen molar-refractivity contribution in [2.75, 3.05) is 24.5 Å². The highest BCUT2D eigenvalue weighted by atomic mass is 32.1. The van der Waals surface area contributed by atoms with Crippen molar-refractivity contribution in [2.24, 2.45) is 5.92 Å². The van der Waals surface area contributed by atoms with E-state index in [0.29, 0.717) is 6.54 Å². The lowest BCUT2D eigenvalue weighted by molar-refractivity contribution is -0.125. The molecule has 0 atom stereocenters. The Hall–Kier alpha value is -2.73. The van der Waals surface area contributed by atoms with Crippen molar-refractivity contribution in [2.45, 2.75) is 19.3 Å². The van der Waals surface area contributed by atoms with Crippen molar-refractivity contribution in [1.29, 1.82) is 0 Å². The number of nitrogens with zero attached hydrogens (tertiary/aromatic N) is 3. The number of amides is 1. The lowest BCUT2D eigenvalue weighted by atomic mass is 9.96. The van der Waals surface area contributed by atoms with E-state index < -0.39 is 0 Å². The standard InChI is InChI=1S/C22H24N4OS/c27-22(23-13-10-17-5-2-1-3-6-17)18-11-14-26(15-12-18)21-9-8-19(24-25-21)20-7-4-16-28-20/h1-9,16,18H,10-15H2,(H,23,27). The molecule has 1 aromatic carbocycles. The van der Waals surface area contributed by atoms with Crippen LogP contribution in [0, 0.1) is 5.92 Å². The predicted octanol–water partition coefficient (Wildman–Crippen LogP) is 3.78. The molecule has 0 unspecified atom stereocenters. The normalized spacial score (nSPS) is 14.8. The van der Waals surface area contributed by atoms with Crippen LogP contribution >= 0.6 is 11.3 Å². The number of anilines is 1. The Bertz CT molecular complexity index is 873. The van der Waals surface area contributed by atoms with Crippen molar-refractivity contribution in [3.8, 4) is 10.6 Å². The van der Waals surface area contributed by atoms with Crippen molar-refractivity contribution in [3.63, 3.8) is 0 Å². The van der Waals surface area contributed by atoms with Crippen LogP contribution in [0.1, 0.15) is 18.4 Å². The average molecular weight is 393 g/mol. The molecule has 0 spiro atoms. The van der Waals surface area contributed by atoms with Crippen LogP contribution in [0.5, 0.6) is 0 Å². The van der Waals surface area contributed by atoms with Gasteiger partial charge in [-0.15, -0.1) is 21.5 Å². The van der Waals surface area contributed by atoms with E-state index in [-0.39, 0.29) is 11.8 Å². The number of hydrogen-bond acceptors (Lipinski definition) is 5. The Morgan fingerprint density at radius 1 is 1.04 bits per heavy atom. The van der Waals surface area contributed by atoms with Gasteiger partial charge in [0.2, 0.25) is 5.91 Å². The largest absolute Gasteiger partial charge is 0.356 e. The molecule has 1 N–H and O–H groups in total.